The van der Waals surface area contributed by atoms with Crippen molar-refractivity contribution in [3.05, 3.63) is 63.1 Å². The number of rotatable bonds is 8. The molecule has 34 heavy (non-hydrogen) atoms. The quantitative estimate of drug-likeness (QED) is 0.503. The van der Waals surface area contributed by atoms with Gasteiger partial charge in [0.05, 0.1) is 29.9 Å². The summed E-state index contributed by atoms with van der Waals surface area (Å²) < 4.78 is 27.8. The molecule has 1 aliphatic heterocycles. The number of nitrogens with zero attached hydrogens (tertiary/aromatic N) is 4. The number of imidazole rings is 1. The highest BCUT2D eigenvalue weighted by Crippen LogP contribution is 2.22. The molecule has 1 unspecified atom stereocenters. The summed E-state index contributed by atoms with van der Waals surface area (Å²) >= 11 is 0. The van der Waals surface area contributed by atoms with Crippen molar-refractivity contribution in [2.75, 3.05) is 11.5 Å². The van der Waals surface area contributed by atoms with Gasteiger partial charge in [0.15, 0.2) is 21.0 Å². The van der Waals surface area contributed by atoms with Crippen molar-refractivity contribution in [1.29, 1.82) is 0 Å². The van der Waals surface area contributed by atoms with Gasteiger partial charge in [-0.2, -0.15) is 0 Å². The van der Waals surface area contributed by atoms with Crippen LogP contribution in [-0.4, -0.2) is 50.1 Å². The lowest BCUT2D eigenvalue weighted by atomic mass is 10.0. The Morgan fingerprint density at radius 1 is 1.18 bits per heavy atom. The first-order valence-corrected chi connectivity index (χ1v) is 13.2. The first-order valence-electron chi connectivity index (χ1n) is 11.4. The average molecular weight is 488 g/mol. The van der Waals surface area contributed by atoms with Crippen LogP contribution in [0.2, 0.25) is 0 Å². The van der Waals surface area contributed by atoms with Crippen molar-refractivity contribution in [2.24, 2.45) is 0 Å². The Morgan fingerprint density at radius 2 is 1.91 bits per heavy atom. The highest BCUT2D eigenvalue weighted by molar-refractivity contribution is 7.91. The molecule has 2 aromatic heterocycles. The van der Waals surface area contributed by atoms with Crippen molar-refractivity contribution in [3.63, 3.8) is 0 Å². The zero-order valence-electron chi connectivity index (χ0n) is 19.4. The molecule has 0 spiro atoms. The van der Waals surface area contributed by atoms with E-state index in [1.165, 1.54) is 4.57 Å². The third kappa shape index (κ3) is 4.84. The van der Waals surface area contributed by atoms with E-state index >= 15 is 0 Å². The number of hydrogen-bond donors (Lipinski definition) is 1. The Balaban J connectivity index is 1.75. The molecule has 0 radical (unpaired) electrons. The molecular weight excluding hydrogens is 458 g/mol. The van der Waals surface area contributed by atoms with Crippen molar-refractivity contribution in [3.8, 4) is 0 Å². The highest BCUT2D eigenvalue weighted by Gasteiger charge is 2.39. The van der Waals surface area contributed by atoms with E-state index in [0.717, 1.165) is 23.0 Å². The molecule has 182 valence electrons. The normalized spacial score (nSPS) is 19.5. The van der Waals surface area contributed by atoms with Crippen LogP contribution in [0, 0.1) is 0 Å². The van der Waals surface area contributed by atoms with E-state index in [1.807, 2.05) is 37.3 Å². The van der Waals surface area contributed by atoms with E-state index in [0.29, 0.717) is 6.54 Å². The molecule has 4 rings (SSSR count). The van der Waals surface area contributed by atoms with Crippen LogP contribution in [0.4, 0.5) is 0 Å². The largest absolute Gasteiger partial charge is 0.348 e. The van der Waals surface area contributed by atoms with E-state index in [9.17, 15) is 22.8 Å². The Hall–Kier alpha value is -3.21. The van der Waals surface area contributed by atoms with Gasteiger partial charge in [-0.1, -0.05) is 43.7 Å². The summed E-state index contributed by atoms with van der Waals surface area (Å²) in [6.07, 6.45) is 3.59. The van der Waals surface area contributed by atoms with Gasteiger partial charge in [0.2, 0.25) is 5.91 Å². The zero-order valence-corrected chi connectivity index (χ0v) is 20.2. The molecule has 11 heteroatoms. The summed E-state index contributed by atoms with van der Waals surface area (Å²) in [7, 11) is -3.23. The van der Waals surface area contributed by atoms with Crippen LogP contribution in [-0.2, 0) is 34.3 Å². The molecule has 1 aliphatic rings. The van der Waals surface area contributed by atoms with Gasteiger partial charge < -0.3 is 9.88 Å². The van der Waals surface area contributed by atoms with Crippen LogP contribution < -0.4 is 16.6 Å². The monoisotopic (exact) mass is 487 g/mol. The molecule has 1 saturated heterocycles. The number of aromatic nitrogens is 4. The molecule has 1 N–H and O–H groups in total. The van der Waals surface area contributed by atoms with Gasteiger partial charge in [-0.05, 0) is 25.3 Å². The van der Waals surface area contributed by atoms with Gasteiger partial charge in [-0.3, -0.25) is 14.2 Å². The third-order valence-electron chi connectivity index (χ3n) is 6.17. The zero-order chi connectivity index (χ0) is 24.5. The van der Waals surface area contributed by atoms with Crippen molar-refractivity contribution >= 4 is 26.9 Å². The summed E-state index contributed by atoms with van der Waals surface area (Å²) in [5.74, 6) is -0.748. The lowest BCUT2D eigenvalue weighted by molar-refractivity contribution is -0.123. The van der Waals surface area contributed by atoms with E-state index in [4.69, 9.17) is 0 Å². The Kier molecular flexibility index (Phi) is 6.48. The van der Waals surface area contributed by atoms with Gasteiger partial charge >= 0.3 is 5.69 Å². The van der Waals surface area contributed by atoms with Crippen LogP contribution in [0.1, 0.15) is 38.7 Å². The second-order valence-electron chi connectivity index (χ2n) is 9.16. The van der Waals surface area contributed by atoms with Crippen LogP contribution in [0.3, 0.4) is 0 Å². The first-order chi connectivity index (χ1) is 16.1. The number of hydrogen-bond acceptors (Lipinski definition) is 6. The number of benzene rings is 1. The summed E-state index contributed by atoms with van der Waals surface area (Å²) in [5, 5.41) is 2.73. The van der Waals surface area contributed by atoms with Crippen molar-refractivity contribution in [2.45, 2.75) is 58.3 Å². The van der Waals surface area contributed by atoms with Crippen molar-refractivity contribution in [1.82, 2.24) is 24.0 Å². The molecular formula is C23H29N5O5S. The third-order valence-corrected chi connectivity index (χ3v) is 8.07. The highest BCUT2D eigenvalue weighted by atomic mass is 32.2. The number of carbonyl (C=O) groups excluding carboxylic acids is 1. The standard InChI is InChI=1S/C23H29N5O5S/c1-3-4-11-26-16-24-20-19(26)21(30)28(22(31)27(20)13-17-8-6-5-7-9-17)14-18(29)25-23(2)10-12-34(32,33)15-23/h5-9,16H,3-4,10-15H2,1-2H3,(H,25,29). The summed E-state index contributed by atoms with van der Waals surface area (Å²) in [5.41, 5.74) is -0.742. The minimum Gasteiger partial charge on any atom is -0.348 e. The Labute approximate surface area is 197 Å². The molecule has 1 fully saturated rings. The minimum absolute atomic E-state index is 0.00379. The van der Waals surface area contributed by atoms with Crippen LogP contribution in [0.15, 0.2) is 46.2 Å². The molecule has 1 atom stereocenters. The van der Waals surface area contributed by atoms with Gasteiger partial charge in [0.1, 0.15) is 6.54 Å². The second-order valence-corrected chi connectivity index (χ2v) is 11.3. The first kappa shape index (κ1) is 23.9. The van der Waals surface area contributed by atoms with Gasteiger partial charge in [0.25, 0.3) is 5.56 Å². The summed E-state index contributed by atoms with van der Waals surface area (Å²) in [6.45, 7) is 3.95. The predicted octanol–water partition coefficient (Wildman–Crippen LogP) is 0.902. The number of fused-ring (bicyclic) bond motifs is 1. The molecule has 1 amide bonds. The maximum atomic E-state index is 13.4. The van der Waals surface area contributed by atoms with Gasteiger partial charge in [-0.25, -0.2) is 22.8 Å². The van der Waals surface area contributed by atoms with Crippen LogP contribution in [0.5, 0.6) is 0 Å². The molecule has 3 aromatic rings. The average Bonchev–Trinajstić information content (AvgIpc) is 3.33. The van der Waals surface area contributed by atoms with E-state index in [1.54, 1.807) is 17.8 Å². The fraction of sp³-hybridized carbons (Fsp3) is 0.478. The number of aryl methyl sites for hydroxylation is 1. The number of nitrogens with one attached hydrogen (secondary N) is 1. The summed E-state index contributed by atoms with van der Waals surface area (Å²) in [6, 6.07) is 9.33. The molecule has 0 bridgehead atoms. The van der Waals surface area contributed by atoms with Crippen molar-refractivity contribution < 1.29 is 13.2 Å². The molecule has 0 saturated carbocycles. The number of carbonyl (C=O) groups is 1. The number of sulfone groups is 1. The second kappa shape index (κ2) is 9.21. The van der Waals surface area contributed by atoms with Gasteiger partial charge in [0, 0.05) is 6.54 Å². The summed E-state index contributed by atoms with van der Waals surface area (Å²) in [4.78, 5) is 44.0. The number of unbranched alkanes of at least 4 members (excludes halogenated alkanes) is 1. The molecule has 3 heterocycles. The number of amides is 1. The molecule has 10 nitrogen and oxygen atoms in total. The maximum absolute atomic E-state index is 13.4. The fourth-order valence-corrected chi connectivity index (χ4v) is 6.51. The van der Waals surface area contributed by atoms with E-state index in [-0.39, 0.29) is 35.6 Å². The van der Waals surface area contributed by atoms with Gasteiger partial charge in [-0.15, -0.1) is 0 Å². The lowest BCUT2D eigenvalue weighted by Crippen LogP contribution is -2.51. The van der Waals surface area contributed by atoms with Crippen LogP contribution in [0.25, 0.3) is 11.2 Å². The molecule has 0 aliphatic carbocycles. The smallest absolute Gasteiger partial charge is 0.333 e. The Bertz CT molecular complexity index is 1440. The minimum atomic E-state index is -3.23. The van der Waals surface area contributed by atoms with Crippen LogP contribution >= 0.6 is 0 Å². The topological polar surface area (TPSA) is 125 Å². The molecule has 1 aromatic carbocycles. The fourth-order valence-electron chi connectivity index (χ4n) is 4.41. The SMILES string of the molecule is CCCCn1cnc2c1c(=O)n(CC(=O)NC1(C)CCS(=O)(=O)C1)c(=O)n2Cc1ccccc1. The van der Waals surface area contributed by atoms with E-state index in [2.05, 4.69) is 10.3 Å². The maximum Gasteiger partial charge on any atom is 0.333 e. The lowest BCUT2D eigenvalue weighted by Gasteiger charge is -2.24. The predicted molar refractivity (Wildman–Crippen MR) is 129 cm³/mol. The van der Waals surface area contributed by atoms with E-state index < -0.39 is 39.1 Å². The Morgan fingerprint density at radius 3 is 2.56 bits per heavy atom.